The second kappa shape index (κ2) is 16.6. The summed E-state index contributed by atoms with van der Waals surface area (Å²) in [5, 5.41) is 6.03. The second-order valence-electron chi connectivity index (χ2n) is 15.3. The molecule has 0 radical (unpaired) electrons. The lowest BCUT2D eigenvalue weighted by atomic mass is 9.84. The van der Waals surface area contributed by atoms with E-state index in [2.05, 4.69) is 10.6 Å². The topological polar surface area (TPSA) is 159 Å². The number of epoxide rings is 1. The Morgan fingerprint density at radius 1 is 1.02 bits per heavy atom. The lowest BCUT2D eigenvalue weighted by Crippen LogP contribution is -2.55. The zero-order valence-corrected chi connectivity index (χ0v) is 31.5. The van der Waals surface area contributed by atoms with Gasteiger partial charge in [-0.25, -0.2) is 4.79 Å². The Balaban J connectivity index is 1.65. The number of hydrogen-bond acceptors (Lipinski definition) is 9. The minimum atomic E-state index is -1.26. The van der Waals surface area contributed by atoms with E-state index < -0.39 is 58.9 Å². The number of amides is 2. The van der Waals surface area contributed by atoms with Crippen molar-refractivity contribution in [1.29, 1.82) is 0 Å². The normalized spacial score (nSPS) is 27.3. The maximum Gasteiger partial charge on any atom is 0.347 e. The van der Waals surface area contributed by atoms with Crippen molar-refractivity contribution in [2.24, 2.45) is 22.5 Å². The molecule has 11 nitrogen and oxygen atoms in total. The fourth-order valence-electron chi connectivity index (χ4n) is 5.93. The molecule has 278 valence electrons. The van der Waals surface area contributed by atoms with Crippen molar-refractivity contribution in [3.05, 3.63) is 76.3 Å². The zero-order chi connectivity index (χ0) is 37.7. The van der Waals surface area contributed by atoms with Crippen molar-refractivity contribution < 1.29 is 38.1 Å². The lowest BCUT2D eigenvalue weighted by Gasteiger charge is -2.34. The number of methoxy groups -OCH3 is 1. The predicted molar refractivity (Wildman–Crippen MR) is 194 cm³/mol. The van der Waals surface area contributed by atoms with Crippen molar-refractivity contribution in [2.45, 2.75) is 111 Å². The van der Waals surface area contributed by atoms with E-state index in [-0.39, 0.29) is 37.4 Å². The molecule has 2 aromatic rings. The van der Waals surface area contributed by atoms with E-state index in [0.29, 0.717) is 22.9 Å². The number of rotatable bonds is 8. The van der Waals surface area contributed by atoms with Crippen LogP contribution in [0.3, 0.4) is 0 Å². The van der Waals surface area contributed by atoms with Gasteiger partial charge in [0, 0.05) is 37.8 Å². The third-order valence-corrected chi connectivity index (χ3v) is 9.94. The highest BCUT2D eigenvalue weighted by Gasteiger charge is 2.48. The number of esters is 2. The Hall–Kier alpha value is -3.93. The molecular formula is C39H52ClN3O8. The largest absolute Gasteiger partial charge is 0.495 e. The Kier molecular flexibility index (Phi) is 13.0. The van der Waals surface area contributed by atoms with Crippen LogP contribution in [0.25, 0.3) is 0 Å². The first-order valence-corrected chi connectivity index (χ1v) is 17.8. The Labute approximate surface area is 305 Å². The zero-order valence-electron chi connectivity index (χ0n) is 30.8. The van der Waals surface area contributed by atoms with Gasteiger partial charge in [-0.3, -0.25) is 14.4 Å². The molecule has 0 spiro atoms. The van der Waals surface area contributed by atoms with Crippen LogP contribution in [-0.2, 0) is 46.4 Å². The molecule has 12 heteroatoms. The summed E-state index contributed by atoms with van der Waals surface area (Å²) in [7, 11) is 1.51. The van der Waals surface area contributed by atoms with Crippen molar-refractivity contribution in [3.8, 4) is 5.75 Å². The summed E-state index contributed by atoms with van der Waals surface area (Å²) in [6.45, 7) is 13.1. The number of halogens is 1. The van der Waals surface area contributed by atoms with E-state index in [4.69, 9.17) is 36.3 Å². The molecule has 0 aromatic heterocycles. The molecule has 51 heavy (non-hydrogen) atoms. The molecule has 2 amide bonds. The van der Waals surface area contributed by atoms with E-state index in [9.17, 15) is 19.2 Å². The average molecular weight is 726 g/mol. The summed E-state index contributed by atoms with van der Waals surface area (Å²) in [5.41, 5.74) is 6.78. The van der Waals surface area contributed by atoms with Crippen molar-refractivity contribution in [3.63, 3.8) is 0 Å². The molecule has 2 aliphatic rings. The molecule has 0 aliphatic carbocycles. The molecule has 4 N–H and O–H groups in total. The first-order chi connectivity index (χ1) is 23.9. The number of nitrogens with two attached hydrogens (primary N) is 1. The van der Waals surface area contributed by atoms with Gasteiger partial charge in [0.2, 0.25) is 11.8 Å². The fourth-order valence-corrected chi connectivity index (χ4v) is 6.21. The van der Waals surface area contributed by atoms with Crippen LogP contribution in [0.4, 0.5) is 0 Å². The summed E-state index contributed by atoms with van der Waals surface area (Å²) in [5.74, 6) is -2.19. The van der Waals surface area contributed by atoms with Gasteiger partial charge in [-0.1, -0.05) is 75.7 Å². The standard InChI is InChI=1S/C39H52ClN3O8/c1-22(33-34(51-33)26-15-12-24(21-41)13-16-26)29-10-9-11-32(44)43-28(19-25-14-17-30(48-8)27(40)18-25)35(45)42-23(2)39(6,7)37(47)50-31(36(46)49-29)20-38(3,4)5/h9,11-18,22-23,28-29,31,33-34H,10,19-21,41H2,1-8H3,(H,42,45)(H,43,44)/b11-9+/t22-,23-,28+,29-,31-,33+,34+/m0/s1. The molecule has 0 bridgehead atoms. The predicted octanol–water partition coefficient (Wildman–Crippen LogP) is 5.36. The summed E-state index contributed by atoms with van der Waals surface area (Å²) >= 11 is 6.36. The molecule has 2 aromatic carbocycles. The molecule has 7 atom stereocenters. The molecule has 1 saturated heterocycles. The molecule has 2 heterocycles. The quantitative estimate of drug-likeness (QED) is 0.241. The Bertz CT molecular complexity index is 1600. The SMILES string of the molecule is COc1ccc(C[C@H]2NC(=O)/C=C/C[C@@H]([C@H](C)[C@H]3O[C@@H]3c3ccc(CN)cc3)OC(=O)[C@H](CC(C)(C)C)OC(=O)C(C)(C)[C@H](C)NC2=O)cc1Cl. The molecule has 1 fully saturated rings. The van der Waals surface area contributed by atoms with Gasteiger partial charge in [-0.05, 0) is 61.1 Å². The number of carbonyl (C=O) groups excluding carboxylic acids is 4. The summed E-state index contributed by atoms with van der Waals surface area (Å²) in [6.07, 6.45) is 1.05. The Morgan fingerprint density at radius 2 is 1.69 bits per heavy atom. The van der Waals surface area contributed by atoms with Crippen LogP contribution in [0, 0.1) is 16.7 Å². The third kappa shape index (κ3) is 10.6. The van der Waals surface area contributed by atoms with Gasteiger partial charge in [0.15, 0.2) is 6.10 Å². The summed E-state index contributed by atoms with van der Waals surface area (Å²) < 4.78 is 23.4. The maximum atomic E-state index is 13.9. The van der Waals surface area contributed by atoms with Crippen molar-refractivity contribution in [1.82, 2.24) is 10.6 Å². The van der Waals surface area contributed by atoms with Crippen LogP contribution in [0.2, 0.25) is 5.02 Å². The van der Waals surface area contributed by atoms with Gasteiger partial charge in [-0.2, -0.15) is 0 Å². The number of carbonyl (C=O) groups is 4. The minimum Gasteiger partial charge on any atom is -0.495 e. The fraction of sp³-hybridized carbons (Fsp3) is 0.538. The van der Waals surface area contributed by atoms with Crippen LogP contribution in [0.1, 0.15) is 84.1 Å². The highest BCUT2D eigenvalue weighted by Crippen LogP contribution is 2.45. The number of cyclic esters (lactones) is 2. The highest BCUT2D eigenvalue weighted by molar-refractivity contribution is 6.32. The number of nitrogens with one attached hydrogen (secondary N) is 2. The molecule has 4 rings (SSSR count). The summed E-state index contributed by atoms with van der Waals surface area (Å²) in [6, 6.07) is 11.2. The maximum absolute atomic E-state index is 13.9. The first-order valence-electron chi connectivity index (χ1n) is 17.4. The number of benzene rings is 2. The highest BCUT2D eigenvalue weighted by atomic mass is 35.5. The molecule has 2 aliphatic heterocycles. The van der Waals surface area contributed by atoms with Gasteiger partial charge >= 0.3 is 11.9 Å². The van der Waals surface area contributed by atoms with Gasteiger partial charge in [0.05, 0.1) is 23.7 Å². The van der Waals surface area contributed by atoms with E-state index >= 15 is 0 Å². The molecular weight excluding hydrogens is 674 g/mol. The monoisotopic (exact) mass is 725 g/mol. The van der Waals surface area contributed by atoms with Gasteiger partial charge in [0.25, 0.3) is 0 Å². The Morgan fingerprint density at radius 3 is 2.29 bits per heavy atom. The molecule has 0 saturated carbocycles. The lowest BCUT2D eigenvalue weighted by molar-refractivity contribution is -0.181. The van der Waals surface area contributed by atoms with Crippen LogP contribution in [0.5, 0.6) is 5.75 Å². The third-order valence-electron chi connectivity index (χ3n) is 9.65. The smallest absolute Gasteiger partial charge is 0.347 e. The molecule has 0 unspecified atom stereocenters. The second-order valence-corrected chi connectivity index (χ2v) is 15.7. The minimum absolute atomic E-state index is 0.115. The van der Waals surface area contributed by atoms with Crippen molar-refractivity contribution in [2.75, 3.05) is 7.11 Å². The van der Waals surface area contributed by atoms with Crippen LogP contribution < -0.4 is 21.1 Å². The van der Waals surface area contributed by atoms with Crippen LogP contribution >= 0.6 is 11.6 Å². The van der Waals surface area contributed by atoms with E-state index in [1.165, 1.54) is 13.2 Å². The van der Waals surface area contributed by atoms with Crippen LogP contribution in [-0.4, -0.2) is 61.3 Å². The summed E-state index contributed by atoms with van der Waals surface area (Å²) in [4.78, 5) is 54.7. The van der Waals surface area contributed by atoms with Crippen molar-refractivity contribution >= 4 is 35.4 Å². The van der Waals surface area contributed by atoms with Gasteiger partial charge in [-0.15, -0.1) is 0 Å². The average Bonchev–Trinajstić information content (AvgIpc) is 3.87. The van der Waals surface area contributed by atoms with Gasteiger partial charge < -0.3 is 35.3 Å². The van der Waals surface area contributed by atoms with E-state index in [1.807, 2.05) is 52.0 Å². The van der Waals surface area contributed by atoms with E-state index in [1.54, 1.807) is 45.0 Å². The number of hydrogen-bond donors (Lipinski definition) is 3. The van der Waals surface area contributed by atoms with E-state index in [0.717, 1.165) is 11.1 Å². The van der Waals surface area contributed by atoms with Crippen LogP contribution in [0.15, 0.2) is 54.6 Å². The van der Waals surface area contributed by atoms with Gasteiger partial charge in [0.1, 0.15) is 24.0 Å². The number of ether oxygens (including phenoxy) is 4. The first kappa shape index (κ1) is 39.8.